The Morgan fingerprint density at radius 1 is 1.25 bits per heavy atom. The van der Waals surface area contributed by atoms with Crippen molar-refractivity contribution in [3.63, 3.8) is 0 Å². The van der Waals surface area contributed by atoms with E-state index in [0.29, 0.717) is 18.7 Å². The van der Waals surface area contributed by atoms with Crippen molar-refractivity contribution in [2.45, 2.75) is 38.9 Å². The van der Waals surface area contributed by atoms with Crippen LogP contribution in [-0.4, -0.2) is 40.2 Å². The summed E-state index contributed by atoms with van der Waals surface area (Å²) in [4.78, 5) is 14.3. The molecular weight excluding hydrogens is 278 g/mol. The lowest BCUT2D eigenvalue weighted by atomic mass is 9.98. The minimum Gasteiger partial charge on any atom is -0.506 e. The molecule has 0 atom stereocenters. The number of amides is 1. The summed E-state index contributed by atoms with van der Waals surface area (Å²) in [5.41, 5.74) is -0.308. The average molecular weight is 298 g/mol. The monoisotopic (exact) mass is 297 g/mol. The summed E-state index contributed by atoms with van der Waals surface area (Å²) in [5, 5.41) is 9.61. The summed E-state index contributed by atoms with van der Waals surface area (Å²) in [6, 6.07) is 4.51. The molecule has 1 heterocycles. The molecule has 20 heavy (non-hydrogen) atoms. The molecule has 1 amide bonds. The van der Waals surface area contributed by atoms with Gasteiger partial charge in [0.1, 0.15) is 5.75 Å². The normalized spacial score (nSPS) is 20.8. The second-order valence-electron chi connectivity index (χ2n) is 6.45. The third-order valence-electron chi connectivity index (χ3n) is 3.18. The van der Waals surface area contributed by atoms with Crippen LogP contribution in [0.1, 0.15) is 38.1 Å². The number of phenolic OH excluding ortho intramolecular Hbond substituents is 1. The fraction of sp³-hybridized carbons (Fsp3) is 0.533. The van der Waals surface area contributed by atoms with E-state index in [-0.39, 0.29) is 16.7 Å². The van der Waals surface area contributed by atoms with E-state index in [1.807, 2.05) is 27.7 Å². The number of morpholine rings is 1. The number of hydrogen-bond donors (Lipinski definition) is 1. The largest absolute Gasteiger partial charge is 0.506 e. The first-order chi connectivity index (χ1) is 9.10. The van der Waals surface area contributed by atoms with Crippen LogP contribution in [-0.2, 0) is 4.74 Å². The van der Waals surface area contributed by atoms with Crippen LogP contribution < -0.4 is 0 Å². The molecule has 2 rings (SSSR count). The average Bonchev–Trinajstić information content (AvgIpc) is 2.27. The second-order valence-corrected chi connectivity index (χ2v) is 6.86. The summed E-state index contributed by atoms with van der Waals surface area (Å²) in [6.45, 7) is 8.92. The summed E-state index contributed by atoms with van der Waals surface area (Å²) in [7, 11) is 0. The van der Waals surface area contributed by atoms with Crippen molar-refractivity contribution in [1.29, 1.82) is 0 Å². The third-order valence-corrected chi connectivity index (χ3v) is 3.48. The molecule has 4 nitrogen and oxygen atoms in total. The molecule has 110 valence electrons. The summed E-state index contributed by atoms with van der Waals surface area (Å²) < 4.78 is 5.96. The number of nitrogens with zero attached hydrogens (tertiary/aromatic N) is 1. The summed E-state index contributed by atoms with van der Waals surface area (Å²) >= 11 is 5.86. The lowest BCUT2D eigenvalue weighted by Crippen LogP contribution is -2.58. The molecule has 0 bridgehead atoms. The van der Waals surface area contributed by atoms with E-state index >= 15 is 0 Å². The number of phenols is 1. The Kier molecular flexibility index (Phi) is 3.73. The van der Waals surface area contributed by atoms with Gasteiger partial charge < -0.3 is 14.7 Å². The van der Waals surface area contributed by atoms with Crippen LogP contribution in [0.5, 0.6) is 5.75 Å². The van der Waals surface area contributed by atoms with Crippen LogP contribution in [0.3, 0.4) is 0 Å². The Morgan fingerprint density at radius 2 is 1.80 bits per heavy atom. The molecule has 0 unspecified atom stereocenters. The second kappa shape index (κ2) is 4.93. The van der Waals surface area contributed by atoms with Crippen LogP contribution >= 0.6 is 11.6 Å². The molecule has 1 aromatic rings. The van der Waals surface area contributed by atoms with Crippen LogP contribution in [0.15, 0.2) is 18.2 Å². The number of rotatable bonds is 1. The molecule has 5 heteroatoms. The van der Waals surface area contributed by atoms with E-state index in [9.17, 15) is 9.90 Å². The molecule has 1 aromatic carbocycles. The van der Waals surface area contributed by atoms with Gasteiger partial charge in [-0.2, -0.15) is 0 Å². The fourth-order valence-corrected chi connectivity index (χ4v) is 2.93. The highest BCUT2D eigenvalue weighted by atomic mass is 35.5. The molecule has 0 spiro atoms. The highest BCUT2D eigenvalue weighted by Crippen LogP contribution is 2.30. The van der Waals surface area contributed by atoms with E-state index < -0.39 is 11.2 Å². The SMILES string of the molecule is CC1(C)CN(C(=O)c2ccc(O)c(Cl)c2)CC(C)(C)O1. The Bertz CT molecular complexity index is 524. The van der Waals surface area contributed by atoms with Gasteiger partial charge in [0.2, 0.25) is 0 Å². The number of ether oxygens (including phenoxy) is 1. The van der Waals surface area contributed by atoms with Gasteiger partial charge in [-0.3, -0.25) is 4.79 Å². The van der Waals surface area contributed by atoms with Gasteiger partial charge in [0.25, 0.3) is 5.91 Å². The third kappa shape index (κ3) is 3.25. The predicted molar refractivity (Wildman–Crippen MR) is 78.3 cm³/mol. The number of aromatic hydroxyl groups is 1. The van der Waals surface area contributed by atoms with Gasteiger partial charge in [-0.05, 0) is 45.9 Å². The van der Waals surface area contributed by atoms with Gasteiger partial charge in [0.05, 0.1) is 16.2 Å². The smallest absolute Gasteiger partial charge is 0.254 e. The van der Waals surface area contributed by atoms with Gasteiger partial charge >= 0.3 is 0 Å². The molecule has 1 N–H and O–H groups in total. The zero-order chi connectivity index (χ0) is 15.1. The van der Waals surface area contributed by atoms with Crippen molar-refractivity contribution in [1.82, 2.24) is 4.90 Å². The van der Waals surface area contributed by atoms with E-state index in [4.69, 9.17) is 16.3 Å². The first kappa shape index (κ1) is 15.1. The number of halogens is 1. The number of carbonyl (C=O) groups excluding carboxylic acids is 1. The molecular formula is C15H20ClNO3. The predicted octanol–water partition coefficient (Wildman–Crippen LogP) is 3.08. The molecule has 0 radical (unpaired) electrons. The number of carbonyl (C=O) groups is 1. The lowest BCUT2D eigenvalue weighted by molar-refractivity contribution is -0.171. The zero-order valence-electron chi connectivity index (χ0n) is 12.2. The molecule has 1 aliphatic heterocycles. The highest BCUT2D eigenvalue weighted by molar-refractivity contribution is 6.32. The van der Waals surface area contributed by atoms with Gasteiger partial charge in [0, 0.05) is 18.7 Å². The maximum absolute atomic E-state index is 12.6. The Hall–Kier alpha value is -1.26. The van der Waals surface area contributed by atoms with Crippen LogP contribution in [0.4, 0.5) is 0 Å². The summed E-state index contributed by atoms with van der Waals surface area (Å²) in [5.74, 6) is -0.123. The molecule has 1 saturated heterocycles. The van der Waals surface area contributed by atoms with E-state index in [2.05, 4.69) is 0 Å². The van der Waals surface area contributed by atoms with Crippen molar-refractivity contribution in [3.05, 3.63) is 28.8 Å². The first-order valence-electron chi connectivity index (χ1n) is 6.58. The topological polar surface area (TPSA) is 49.8 Å². The maximum atomic E-state index is 12.6. The first-order valence-corrected chi connectivity index (χ1v) is 6.95. The Morgan fingerprint density at radius 3 is 2.30 bits per heavy atom. The minimum absolute atomic E-state index is 0.0224. The number of benzene rings is 1. The van der Waals surface area contributed by atoms with Crippen molar-refractivity contribution in [2.24, 2.45) is 0 Å². The molecule has 0 saturated carbocycles. The molecule has 0 aliphatic carbocycles. The fourth-order valence-electron chi connectivity index (χ4n) is 2.75. The molecule has 0 aromatic heterocycles. The molecule has 1 fully saturated rings. The summed E-state index contributed by atoms with van der Waals surface area (Å²) in [6.07, 6.45) is 0. The minimum atomic E-state index is -0.391. The molecule has 1 aliphatic rings. The van der Waals surface area contributed by atoms with Crippen molar-refractivity contribution >= 4 is 17.5 Å². The van der Waals surface area contributed by atoms with E-state index in [1.54, 1.807) is 11.0 Å². The quantitative estimate of drug-likeness (QED) is 0.866. The van der Waals surface area contributed by atoms with Crippen LogP contribution in [0.2, 0.25) is 5.02 Å². The highest BCUT2D eigenvalue weighted by Gasteiger charge is 2.40. The van der Waals surface area contributed by atoms with Crippen LogP contribution in [0, 0.1) is 0 Å². The van der Waals surface area contributed by atoms with Crippen LogP contribution in [0.25, 0.3) is 0 Å². The van der Waals surface area contributed by atoms with E-state index in [0.717, 1.165) is 0 Å². The van der Waals surface area contributed by atoms with Gasteiger partial charge in [-0.15, -0.1) is 0 Å². The lowest BCUT2D eigenvalue weighted by Gasteiger charge is -2.47. The maximum Gasteiger partial charge on any atom is 0.254 e. The Balaban J connectivity index is 2.26. The van der Waals surface area contributed by atoms with Gasteiger partial charge in [-0.1, -0.05) is 11.6 Å². The van der Waals surface area contributed by atoms with Gasteiger partial charge in [-0.25, -0.2) is 0 Å². The van der Waals surface area contributed by atoms with Crippen molar-refractivity contribution in [2.75, 3.05) is 13.1 Å². The number of hydrogen-bond acceptors (Lipinski definition) is 3. The van der Waals surface area contributed by atoms with Crippen molar-refractivity contribution < 1.29 is 14.6 Å². The standard InChI is InChI=1S/C15H20ClNO3/c1-14(2)8-17(9-15(3,4)20-14)13(19)10-5-6-12(18)11(16)7-10/h5-7,18H,8-9H2,1-4H3. The van der Waals surface area contributed by atoms with Crippen molar-refractivity contribution in [3.8, 4) is 5.75 Å². The van der Waals surface area contributed by atoms with Gasteiger partial charge in [0.15, 0.2) is 0 Å². The Labute approximate surface area is 124 Å². The zero-order valence-corrected chi connectivity index (χ0v) is 13.0. The van der Waals surface area contributed by atoms with E-state index in [1.165, 1.54) is 12.1 Å².